The predicted molar refractivity (Wildman–Crippen MR) is 56.3 cm³/mol. The van der Waals surface area contributed by atoms with E-state index in [1.165, 1.54) is 7.11 Å². The molecule has 1 fully saturated rings. The molecule has 0 aliphatic carbocycles. The summed E-state index contributed by atoms with van der Waals surface area (Å²) >= 11 is 0. The fourth-order valence-corrected chi connectivity index (χ4v) is 1.70. The number of hydroxylamine groups is 2. The highest BCUT2D eigenvalue weighted by molar-refractivity contribution is 5.88. The highest BCUT2D eigenvalue weighted by Gasteiger charge is 2.35. The molecule has 1 saturated heterocycles. The van der Waals surface area contributed by atoms with Crippen LogP contribution in [0.1, 0.15) is 6.42 Å². The van der Waals surface area contributed by atoms with E-state index in [0.29, 0.717) is 19.7 Å². The minimum Gasteiger partial charge on any atom is -0.383 e. The summed E-state index contributed by atoms with van der Waals surface area (Å²) in [4.78, 5) is 29.8. The van der Waals surface area contributed by atoms with Gasteiger partial charge in [-0.25, -0.2) is 5.06 Å². The lowest BCUT2D eigenvalue weighted by Gasteiger charge is -2.19. The third-order valence-electron chi connectivity index (χ3n) is 2.71. The standard InChI is InChI=1S/C10H18N2O4/c1-11(16-3)10(14)8-6-9(13)12(7-8)4-5-15-2/h8H,4-7H2,1-3H3. The van der Waals surface area contributed by atoms with Crippen molar-refractivity contribution in [3.8, 4) is 0 Å². The molecule has 0 bridgehead atoms. The normalized spacial score (nSPS) is 20.3. The van der Waals surface area contributed by atoms with E-state index in [9.17, 15) is 9.59 Å². The Kier molecular flexibility index (Phi) is 4.70. The molecule has 0 radical (unpaired) electrons. The molecular weight excluding hydrogens is 212 g/mol. The van der Waals surface area contributed by atoms with Gasteiger partial charge in [0.25, 0.3) is 5.91 Å². The summed E-state index contributed by atoms with van der Waals surface area (Å²) in [5, 5.41) is 1.16. The van der Waals surface area contributed by atoms with Crippen LogP contribution in [0.4, 0.5) is 0 Å². The third kappa shape index (κ3) is 2.93. The van der Waals surface area contributed by atoms with Gasteiger partial charge in [-0.2, -0.15) is 0 Å². The Balaban J connectivity index is 2.49. The number of hydrogen-bond acceptors (Lipinski definition) is 4. The van der Waals surface area contributed by atoms with Gasteiger partial charge in [0.05, 0.1) is 19.6 Å². The zero-order chi connectivity index (χ0) is 12.1. The second-order valence-corrected chi connectivity index (χ2v) is 3.75. The van der Waals surface area contributed by atoms with E-state index in [2.05, 4.69) is 0 Å². The fraction of sp³-hybridized carbons (Fsp3) is 0.800. The number of carbonyl (C=O) groups excluding carboxylic acids is 2. The van der Waals surface area contributed by atoms with Gasteiger partial charge in [-0.05, 0) is 0 Å². The number of amides is 2. The van der Waals surface area contributed by atoms with Gasteiger partial charge in [0.2, 0.25) is 5.91 Å². The largest absolute Gasteiger partial charge is 0.383 e. The Morgan fingerprint density at radius 2 is 2.25 bits per heavy atom. The molecule has 2 amide bonds. The minimum absolute atomic E-state index is 0.0000898. The van der Waals surface area contributed by atoms with Crippen molar-refractivity contribution in [1.29, 1.82) is 0 Å². The average Bonchev–Trinajstić information content (AvgIpc) is 2.66. The average molecular weight is 230 g/mol. The SMILES string of the molecule is COCCN1CC(C(=O)N(C)OC)CC1=O. The van der Waals surface area contributed by atoms with Gasteiger partial charge < -0.3 is 9.64 Å². The second-order valence-electron chi connectivity index (χ2n) is 3.75. The number of methoxy groups -OCH3 is 1. The quantitative estimate of drug-likeness (QED) is 0.597. The molecule has 0 aromatic rings. The van der Waals surface area contributed by atoms with Crippen LogP contribution in [-0.4, -0.2) is 62.7 Å². The van der Waals surface area contributed by atoms with E-state index in [1.54, 1.807) is 19.1 Å². The molecule has 0 spiro atoms. The highest BCUT2D eigenvalue weighted by Crippen LogP contribution is 2.19. The van der Waals surface area contributed by atoms with Crippen LogP contribution in [0.3, 0.4) is 0 Å². The zero-order valence-electron chi connectivity index (χ0n) is 9.93. The first-order valence-corrected chi connectivity index (χ1v) is 5.18. The lowest BCUT2D eigenvalue weighted by molar-refractivity contribution is -0.173. The maximum atomic E-state index is 11.7. The summed E-state index contributed by atoms with van der Waals surface area (Å²) in [6.45, 7) is 1.48. The third-order valence-corrected chi connectivity index (χ3v) is 2.71. The maximum absolute atomic E-state index is 11.7. The highest BCUT2D eigenvalue weighted by atomic mass is 16.7. The first-order chi connectivity index (χ1) is 7.60. The number of carbonyl (C=O) groups is 2. The molecule has 6 nitrogen and oxygen atoms in total. The first-order valence-electron chi connectivity index (χ1n) is 5.18. The van der Waals surface area contributed by atoms with Crippen molar-refractivity contribution < 1.29 is 19.2 Å². The van der Waals surface area contributed by atoms with Crippen molar-refractivity contribution in [3.05, 3.63) is 0 Å². The Labute approximate surface area is 95.0 Å². The topological polar surface area (TPSA) is 59.1 Å². The van der Waals surface area contributed by atoms with Crippen LogP contribution in [0.2, 0.25) is 0 Å². The van der Waals surface area contributed by atoms with E-state index < -0.39 is 0 Å². The number of likely N-dealkylation sites (tertiary alicyclic amines) is 1. The van der Waals surface area contributed by atoms with Gasteiger partial charge in [0, 0.05) is 33.7 Å². The monoisotopic (exact) mass is 230 g/mol. The van der Waals surface area contributed by atoms with E-state index >= 15 is 0 Å². The molecule has 92 valence electrons. The molecule has 6 heteroatoms. The van der Waals surface area contributed by atoms with Crippen molar-refractivity contribution in [2.24, 2.45) is 5.92 Å². The molecule has 0 N–H and O–H groups in total. The van der Waals surface area contributed by atoms with E-state index in [0.717, 1.165) is 5.06 Å². The molecule has 1 heterocycles. The molecular formula is C10H18N2O4. The Morgan fingerprint density at radius 1 is 1.56 bits per heavy atom. The summed E-state index contributed by atoms with van der Waals surface area (Å²) in [5.74, 6) is -0.454. The Bertz CT molecular complexity index is 270. The van der Waals surface area contributed by atoms with Crippen molar-refractivity contribution in [2.75, 3.05) is 41.0 Å². The van der Waals surface area contributed by atoms with Crippen LogP contribution < -0.4 is 0 Å². The lowest BCUT2D eigenvalue weighted by Crippen LogP contribution is -2.34. The smallest absolute Gasteiger partial charge is 0.251 e. The molecule has 1 aliphatic heterocycles. The molecule has 0 aromatic carbocycles. The summed E-state index contributed by atoms with van der Waals surface area (Å²) in [7, 11) is 4.56. The van der Waals surface area contributed by atoms with Crippen molar-refractivity contribution in [2.45, 2.75) is 6.42 Å². The summed E-state index contributed by atoms with van der Waals surface area (Å²) in [6, 6.07) is 0. The summed E-state index contributed by atoms with van der Waals surface area (Å²) < 4.78 is 4.90. The Morgan fingerprint density at radius 3 is 2.81 bits per heavy atom. The van der Waals surface area contributed by atoms with Gasteiger partial charge in [0.1, 0.15) is 0 Å². The van der Waals surface area contributed by atoms with Gasteiger partial charge in [0.15, 0.2) is 0 Å². The van der Waals surface area contributed by atoms with Crippen LogP contribution in [0.15, 0.2) is 0 Å². The molecule has 1 unspecified atom stereocenters. The van der Waals surface area contributed by atoms with E-state index in [1.807, 2.05) is 0 Å². The summed E-state index contributed by atoms with van der Waals surface area (Å²) in [5.41, 5.74) is 0. The van der Waals surface area contributed by atoms with Crippen LogP contribution in [0, 0.1) is 5.92 Å². The molecule has 0 aromatic heterocycles. The minimum atomic E-state index is -0.297. The number of hydrogen-bond donors (Lipinski definition) is 0. The molecule has 1 atom stereocenters. The van der Waals surface area contributed by atoms with E-state index in [4.69, 9.17) is 9.57 Å². The Hall–Kier alpha value is -1.14. The van der Waals surface area contributed by atoms with Gasteiger partial charge in [-0.15, -0.1) is 0 Å². The van der Waals surface area contributed by atoms with Crippen molar-refractivity contribution in [3.63, 3.8) is 0 Å². The maximum Gasteiger partial charge on any atom is 0.251 e. The number of rotatable bonds is 5. The van der Waals surface area contributed by atoms with Crippen LogP contribution in [0.5, 0.6) is 0 Å². The zero-order valence-corrected chi connectivity index (χ0v) is 9.93. The van der Waals surface area contributed by atoms with Gasteiger partial charge in [-0.1, -0.05) is 0 Å². The second kappa shape index (κ2) is 5.81. The van der Waals surface area contributed by atoms with Crippen LogP contribution in [-0.2, 0) is 19.2 Å². The molecule has 1 rings (SSSR count). The van der Waals surface area contributed by atoms with Crippen LogP contribution in [0.25, 0.3) is 0 Å². The van der Waals surface area contributed by atoms with Crippen LogP contribution >= 0.6 is 0 Å². The fourth-order valence-electron chi connectivity index (χ4n) is 1.70. The predicted octanol–water partition coefficient (Wildman–Crippen LogP) is -0.499. The molecule has 16 heavy (non-hydrogen) atoms. The first kappa shape index (κ1) is 12.9. The summed E-state index contributed by atoms with van der Waals surface area (Å²) in [6.07, 6.45) is 0.260. The molecule has 1 aliphatic rings. The number of ether oxygens (including phenoxy) is 1. The molecule has 0 saturated carbocycles. The van der Waals surface area contributed by atoms with Gasteiger partial charge in [-0.3, -0.25) is 14.4 Å². The van der Waals surface area contributed by atoms with Crippen molar-refractivity contribution >= 4 is 11.8 Å². The van der Waals surface area contributed by atoms with E-state index in [-0.39, 0.29) is 24.2 Å². The van der Waals surface area contributed by atoms with Gasteiger partial charge >= 0.3 is 0 Å². The number of nitrogens with zero attached hydrogens (tertiary/aromatic N) is 2. The van der Waals surface area contributed by atoms with Crippen molar-refractivity contribution in [1.82, 2.24) is 9.96 Å². The lowest BCUT2D eigenvalue weighted by atomic mass is 10.1.